The smallest absolute Gasteiger partial charge is 0.303 e. The van der Waals surface area contributed by atoms with Crippen LogP contribution in [0.1, 0.15) is 13.8 Å². The Labute approximate surface area is 104 Å². The standard InChI is InChI=1S/C10H18O6S/c1-3-17-10-9(15-5(2)12)8(14)7(13)6(4-11)16-10/h6-11,13-14H,3-4H2,1-2H3/t6?,7-,8?,9+,10+/m1/s1. The van der Waals surface area contributed by atoms with E-state index in [0.29, 0.717) is 5.75 Å². The van der Waals surface area contributed by atoms with Gasteiger partial charge in [0, 0.05) is 6.92 Å². The first-order valence-corrected chi connectivity index (χ1v) is 6.47. The number of esters is 1. The topological polar surface area (TPSA) is 96.2 Å². The normalized spacial score (nSPS) is 37.8. The van der Waals surface area contributed by atoms with E-state index in [-0.39, 0.29) is 0 Å². The molecular weight excluding hydrogens is 248 g/mol. The SMILES string of the molecule is CCS[C@@H]1OC(CO)[C@@H](O)C(O)[C@@H]1OC(C)=O. The Morgan fingerprint density at radius 1 is 1.41 bits per heavy atom. The van der Waals surface area contributed by atoms with E-state index in [1.807, 2.05) is 6.92 Å². The van der Waals surface area contributed by atoms with Crippen molar-refractivity contribution in [3.63, 3.8) is 0 Å². The fourth-order valence-corrected chi connectivity index (χ4v) is 2.63. The summed E-state index contributed by atoms with van der Waals surface area (Å²) < 4.78 is 10.4. The summed E-state index contributed by atoms with van der Waals surface area (Å²) in [6, 6.07) is 0. The maximum absolute atomic E-state index is 10.9. The van der Waals surface area contributed by atoms with Crippen LogP contribution in [0.25, 0.3) is 0 Å². The molecule has 1 heterocycles. The third-order valence-electron chi connectivity index (χ3n) is 2.46. The molecule has 0 saturated carbocycles. The number of hydrogen-bond donors (Lipinski definition) is 3. The van der Waals surface area contributed by atoms with Gasteiger partial charge in [-0.05, 0) is 5.75 Å². The Morgan fingerprint density at radius 3 is 2.53 bits per heavy atom. The third kappa shape index (κ3) is 3.56. The summed E-state index contributed by atoms with van der Waals surface area (Å²) in [6.45, 7) is 2.72. The van der Waals surface area contributed by atoms with Crippen LogP contribution in [0.4, 0.5) is 0 Å². The second-order valence-corrected chi connectivity index (χ2v) is 5.11. The van der Waals surface area contributed by atoms with Crippen molar-refractivity contribution in [2.75, 3.05) is 12.4 Å². The van der Waals surface area contributed by atoms with Gasteiger partial charge in [0.25, 0.3) is 0 Å². The number of hydrogen-bond acceptors (Lipinski definition) is 7. The molecule has 0 amide bonds. The summed E-state index contributed by atoms with van der Waals surface area (Å²) in [5.41, 5.74) is -0.584. The molecule has 7 heteroatoms. The molecule has 6 nitrogen and oxygen atoms in total. The molecule has 17 heavy (non-hydrogen) atoms. The first-order chi connectivity index (χ1) is 8.01. The predicted octanol–water partition coefficient (Wildman–Crippen LogP) is -0.890. The van der Waals surface area contributed by atoms with Crippen LogP contribution < -0.4 is 0 Å². The first-order valence-electron chi connectivity index (χ1n) is 5.42. The van der Waals surface area contributed by atoms with E-state index >= 15 is 0 Å². The van der Waals surface area contributed by atoms with Gasteiger partial charge in [0.1, 0.15) is 23.7 Å². The quantitative estimate of drug-likeness (QED) is 0.568. The highest BCUT2D eigenvalue weighted by Gasteiger charge is 2.46. The Balaban J connectivity index is 2.78. The number of aliphatic hydroxyl groups is 3. The second-order valence-electron chi connectivity index (χ2n) is 3.74. The Hall–Kier alpha value is -0.340. The summed E-state index contributed by atoms with van der Waals surface area (Å²) in [6.07, 6.45) is -4.30. The van der Waals surface area contributed by atoms with E-state index in [1.54, 1.807) is 0 Å². The minimum Gasteiger partial charge on any atom is -0.456 e. The van der Waals surface area contributed by atoms with Gasteiger partial charge in [0.2, 0.25) is 0 Å². The molecule has 0 spiro atoms. The van der Waals surface area contributed by atoms with Crippen LogP contribution in [-0.4, -0.2) is 63.5 Å². The molecule has 3 N–H and O–H groups in total. The number of carbonyl (C=O) groups excluding carboxylic acids is 1. The molecule has 1 fully saturated rings. The highest BCUT2D eigenvalue weighted by Crippen LogP contribution is 2.30. The van der Waals surface area contributed by atoms with Crippen LogP contribution in [0.2, 0.25) is 0 Å². The van der Waals surface area contributed by atoms with Gasteiger partial charge in [-0.25, -0.2) is 0 Å². The van der Waals surface area contributed by atoms with E-state index in [2.05, 4.69) is 0 Å². The summed E-state index contributed by atoms with van der Waals surface area (Å²) >= 11 is 1.35. The van der Waals surface area contributed by atoms with Gasteiger partial charge in [-0.3, -0.25) is 4.79 Å². The molecule has 0 aromatic heterocycles. The van der Waals surface area contributed by atoms with Crippen LogP contribution in [0, 0.1) is 0 Å². The highest BCUT2D eigenvalue weighted by molar-refractivity contribution is 7.99. The van der Waals surface area contributed by atoms with Gasteiger partial charge in [0.05, 0.1) is 6.61 Å². The van der Waals surface area contributed by atoms with Crippen LogP contribution in [0.5, 0.6) is 0 Å². The fraction of sp³-hybridized carbons (Fsp3) is 0.900. The lowest BCUT2D eigenvalue weighted by Gasteiger charge is -2.41. The Bertz CT molecular complexity index is 261. The van der Waals surface area contributed by atoms with Crippen LogP contribution in [0.3, 0.4) is 0 Å². The predicted molar refractivity (Wildman–Crippen MR) is 61.4 cm³/mol. The van der Waals surface area contributed by atoms with Gasteiger partial charge in [0.15, 0.2) is 6.10 Å². The van der Waals surface area contributed by atoms with E-state index < -0.39 is 42.4 Å². The van der Waals surface area contributed by atoms with Crippen LogP contribution >= 0.6 is 11.8 Å². The van der Waals surface area contributed by atoms with Gasteiger partial charge in [-0.15, -0.1) is 11.8 Å². The molecule has 2 unspecified atom stereocenters. The lowest BCUT2D eigenvalue weighted by atomic mass is 10.0. The summed E-state index contributed by atoms with van der Waals surface area (Å²) in [7, 11) is 0. The maximum Gasteiger partial charge on any atom is 0.303 e. The molecule has 0 aromatic carbocycles. The average molecular weight is 266 g/mol. The van der Waals surface area contributed by atoms with Gasteiger partial charge in [-0.2, -0.15) is 0 Å². The molecule has 0 radical (unpaired) electrons. The van der Waals surface area contributed by atoms with E-state index in [4.69, 9.17) is 14.6 Å². The highest BCUT2D eigenvalue weighted by atomic mass is 32.2. The molecule has 100 valence electrons. The lowest BCUT2D eigenvalue weighted by Crippen LogP contribution is -2.58. The Kier molecular flexibility index (Phi) is 5.68. The van der Waals surface area contributed by atoms with Gasteiger partial charge >= 0.3 is 5.97 Å². The third-order valence-corrected chi connectivity index (χ3v) is 3.50. The van der Waals surface area contributed by atoms with Gasteiger partial charge < -0.3 is 24.8 Å². The molecule has 1 rings (SSSR count). The van der Waals surface area contributed by atoms with Crippen molar-refractivity contribution < 1.29 is 29.6 Å². The molecule has 0 aliphatic carbocycles. The number of thioether (sulfide) groups is 1. The summed E-state index contributed by atoms with van der Waals surface area (Å²) in [5, 5.41) is 28.5. The van der Waals surface area contributed by atoms with E-state index in [0.717, 1.165) is 0 Å². The van der Waals surface area contributed by atoms with Gasteiger partial charge in [-0.1, -0.05) is 6.92 Å². The number of carbonyl (C=O) groups is 1. The fourth-order valence-electron chi connectivity index (χ4n) is 1.67. The van der Waals surface area contributed by atoms with E-state index in [1.165, 1.54) is 18.7 Å². The van der Waals surface area contributed by atoms with E-state index in [9.17, 15) is 15.0 Å². The zero-order chi connectivity index (χ0) is 13.0. The molecular formula is C10H18O6S. The van der Waals surface area contributed by atoms with Crippen molar-refractivity contribution in [2.24, 2.45) is 0 Å². The average Bonchev–Trinajstić information content (AvgIpc) is 2.28. The zero-order valence-electron chi connectivity index (χ0n) is 9.78. The zero-order valence-corrected chi connectivity index (χ0v) is 10.6. The number of ether oxygens (including phenoxy) is 2. The Morgan fingerprint density at radius 2 is 2.06 bits per heavy atom. The van der Waals surface area contributed by atoms with Crippen LogP contribution in [0.15, 0.2) is 0 Å². The van der Waals surface area contributed by atoms with Crippen molar-refractivity contribution in [1.82, 2.24) is 0 Å². The summed E-state index contributed by atoms with van der Waals surface area (Å²) in [4.78, 5) is 10.9. The molecule has 1 aliphatic rings. The van der Waals surface area contributed by atoms with Crippen molar-refractivity contribution in [3.05, 3.63) is 0 Å². The molecule has 0 bridgehead atoms. The van der Waals surface area contributed by atoms with Crippen molar-refractivity contribution in [3.8, 4) is 0 Å². The van der Waals surface area contributed by atoms with Crippen molar-refractivity contribution in [2.45, 2.75) is 43.7 Å². The second kappa shape index (κ2) is 6.55. The molecule has 1 saturated heterocycles. The molecule has 0 aromatic rings. The monoisotopic (exact) mass is 266 g/mol. The van der Waals surface area contributed by atoms with Crippen molar-refractivity contribution >= 4 is 17.7 Å². The summed E-state index contributed by atoms with van der Waals surface area (Å²) in [5.74, 6) is 0.151. The number of rotatable bonds is 4. The minimum absolute atomic E-state index is 0.397. The lowest BCUT2D eigenvalue weighted by molar-refractivity contribution is -0.218. The maximum atomic E-state index is 10.9. The van der Waals surface area contributed by atoms with Crippen molar-refractivity contribution in [1.29, 1.82) is 0 Å². The number of aliphatic hydroxyl groups excluding tert-OH is 3. The first kappa shape index (κ1) is 14.7. The van der Waals surface area contributed by atoms with Crippen LogP contribution in [-0.2, 0) is 14.3 Å². The minimum atomic E-state index is -1.27. The largest absolute Gasteiger partial charge is 0.456 e. The molecule has 1 aliphatic heterocycles. The molecule has 5 atom stereocenters.